The summed E-state index contributed by atoms with van der Waals surface area (Å²) >= 11 is 0. The summed E-state index contributed by atoms with van der Waals surface area (Å²) in [5, 5.41) is 12.4. The van der Waals surface area contributed by atoms with Crippen LogP contribution in [0.4, 0.5) is 4.39 Å². The summed E-state index contributed by atoms with van der Waals surface area (Å²) in [6.45, 7) is 5.54. The van der Waals surface area contributed by atoms with E-state index >= 15 is 0 Å². The molecule has 2 N–H and O–H groups in total. The maximum atomic E-state index is 12.7. The topological polar surface area (TPSA) is 32.3 Å². The third-order valence-electron chi connectivity index (χ3n) is 2.63. The van der Waals surface area contributed by atoms with Crippen molar-refractivity contribution in [2.45, 2.75) is 32.3 Å². The maximum absolute atomic E-state index is 12.7. The average molecular weight is 225 g/mol. The molecule has 0 saturated heterocycles. The Kier molecular flexibility index (Phi) is 5.43. The molecule has 0 spiro atoms. The van der Waals surface area contributed by atoms with Crippen LogP contribution in [0.5, 0.6) is 0 Å². The fourth-order valence-electron chi connectivity index (χ4n) is 1.54. The maximum Gasteiger partial charge on any atom is 0.123 e. The Bertz CT molecular complexity index is 297. The van der Waals surface area contributed by atoms with Crippen LogP contribution in [0.1, 0.15) is 31.7 Å². The quantitative estimate of drug-likeness (QED) is 0.728. The molecule has 0 radical (unpaired) electrons. The molecule has 16 heavy (non-hydrogen) atoms. The van der Waals surface area contributed by atoms with Crippen LogP contribution in [-0.4, -0.2) is 24.3 Å². The average Bonchev–Trinajstić information content (AvgIpc) is 2.25. The van der Waals surface area contributed by atoms with E-state index in [0.717, 1.165) is 25.1 Å². The second kappa shape index (κ2) is 6.61. The van der Waals surface area contributed by atoms with Gasteiger partial charge in [0.15, 0.2) is 0 Å². The number of rotatable bonds is 6. The molecule has 0 aliphatic rings. The minimum atomic E-state index is -0.256. The van der Waals surface area contributed by atoms with Gasteiger partial charge >= 0.3 is 0 Å². The van der Waals surface area contributed by atoms with E-state index in [1.807, 2.05) is 12.1 Å². The molecule has 0 saturated carbocycles. The van der Waals surface area contributed by atoms with Crippen LogP contribution in [0.3, 0.4) is 0 Å². The van der Waals surface area contributed by atoms with Crippen molar-refractivity contribution in [3.05, 3.63) is 35.6 Å². The van der Waals surface area contributed by atoms with Gasteiger partial charge in [0.25, 0.3) is 0 Å². The van der Waals surface area contributed by atoms with Gasteiger partial charge in [0.05, 0.1) is 6.10 Å². The molecule has 0 aromatic heterocycles. The Balaban J connectivity index is 2.29. The number of hydrogen-bond acceptors (Lipinski definition) is 2. The lowest BCUT2D eigenvalue weighted by molar-refractivity contribution is 0.183. The predicted octanol–water partition coefficient (Wildman–Crippen LogP) is 2.29. The molecule has 2 unspecified atom stereocenters. The van der Waals surface area contributed by atoms with Gasteiger partial charge in [0, 0.05) is 6.54 Å². The zero-order valence-electron chi connectivity index (χ0n) is 9.91. The van der Waals surface area contributed by atoms with Crippen molar-refractivity contribution in [1.82, 2.24) is 5.32 Å². The van der Waals surface area contributed by atoms with Crippen molar-refractivity contribution >= 4 is 0 Å². The van der Waals surface area contributed by atoms with Gasteiger partial charge in [-0.3, -0.25) is 0 Å². The molecule has 1 aromatic rings. The molecule has 0 aliphatic carbocycles. The van der Waals surface area contributed by atoms with Crippen LogP contribution in [0.2, 0.25) is 0 Å². The summed E-state index contributed by atoms with van der Waals surface area (Å²) in [6, 6.07) is 6.61. The minimum absolute atomic E-state index is 0.196. The van der Waals surface area contributed by atoms with Crippen LogP contribution in [0.15, 0.2) is 24.3 Å². The fraction of sp³-hybridized carbons (Fsp3) is 0.538. The Morgan fingerprint density at radius 1 is 1.25 bits per heavy atom. The predicted molar refractivity (Wildman–Crippen MR) is 64.0 cm³/mol. The highest BCUT2D eigenvalue weighted by Crippen LogP contribution is 2.14. The first-order chi connectivity index (χ1) is 7.59. The monoisotopic (exact) mass is 225 g/mol. The summed E-state index contributed by atoms with van der Waals surface area (Å²) in [6.07, 6.45) is 0.504. The van der Waals surface area contributed by atoms with Crippen LogP contribution in [0, 0.1) is 5.82 Å². The van der Waals surface area contributed by atoms with Gasteiger partial charge in [-0.05, 0) is 43.5 Å². The Labute approximate surface area is 96.5 Å². The fourth-order valence-corrected chi connectivity index (χ4v) is 1.54. The minimum Gasteiger partial charge on any atom is -0.393 e. The van der Waals surface area contributed by atoms with Crippen molar-refractivity contribution in [2.75, 3.05) is 13.1 Å². The zero-order chi connectivity index (χ0) is 12.0. The van der Waals surface area contributed by atoms with Crippen LogP contribution < -0.4 is 5.32 Å². The van der Waals surface area contributed by atoms with E-state index in [-0.39, 0.29) is 11.9 Å². The van der Waals surface area contributed by atoms with Gasteiger partial charge in [-0.2, -0.15) is 0 Å². The molecule has 0 aliphatic heterocycles. The van der Waals surface area contributed by atoms with E-state index < -0.39 is 0 Å². The van der Waals surface area contributed by atoms with Gasteiger partial charge < -0.3 is 10.4 Å². The number of aliphatic hydroxyl groups excluding tert-OH is 1. The van der Waals surface area contributed by atoms with E-state index in [0.29, 0.717) is 5.92 Å². The third-order valence-corrected chi connectivity index (χ3v) is 2.63. The van der Waals surface area contributed by atoms with E-state index in [1.165, 1.54) is 12.1 Å². The largest absolute Gasteiger partial charge is 0.393 e. The SMILES string of the molecule is CC(O)CCNCC(C)c1ccc(F)cc1. The molecule has 0 fully saturated rings. The summed E-state index contributed by atoms with van der Waals surface area (Å²) < 4.78 is 12.7. The lowest BCUT2D eigenvalue weighted by Crippen LogP contribution is -2.23. The van der Waals surface area contributed by atoms with Gasteiger partial charge in [0.2, 0.25) is 0 Å². The van der Waals surface area contributed by atoms with E-state index in [2.05, 4.69) is 12.2 Å². The normalized spacial score (nSPS) is 14.8. The highest BCUT2D eigenvalue weighted by Gasteiger charge is 2.05. The van der Waals surface area contributed by atoms with Gasteiger partial charge in [-0.25, -0.2) is 4.39 Å². The molecular formula is C13H20FNO. The van der Waals surface area contributed by atoms with Crippen LogP contribution in [0.25, 0.3) is 0 Å². The molecular weight excluding hydrogens is 205 g/mol. The first-order valence-electron chi connectivity index (χ1n) is 5.74. The smallest absolute Gasteiger partial charge is 0.123 e. The second-order valence-corrected chi connectivity index (χ2v) is 4.29. The molecule has 90 valence electrons. The molecule has 0 amide bonds. The van der Waals surface area contributed by atoms with Crippen molar-refractivity contribution < 1.29 is 9.50 Å². The van der Waals surface area contributed by atoms with Gasteiger partial charge in [-0.1, -0.05) is 19.1 Å². The molecule has 1 rings (SSSR count). The van der Waals surface area contributed by atoms with Crippen molar-refractivity contribution in [3.8, 4) is 0 Å². The first kappa shape index (κ1) is 13.1. The van der Waals surface area contributed by atoms with E-state index in [4.69, 9.17) is 5.11 Å². The molecule has 0 bridgehead atoms. The summed E-state index contributed by atoms with van der Waals surface area (Å²) in [4.78, 5) is 0. The first-order valence-corrected chi connectivity index (χ1v) is 5.74. The Hall–Kier alpha value is -0.930. The lowest BCUT2D eigenvalue weighted by atomic mass is 10.0. The molecule has 1 aromatic carbocycles. The van der Waals surface area contributed by atoms with E-state index in [1.54, 1.807) is 6.92 Å². The van der Waals surface area contributed by atoms with Crippen molar-refractivity contribution in [1.29, 1.82) is 0 Å². The zero-order valence-corrected chi connectivity index (χ0v) is 9.91. The number of aliphatic hydroxyl groups is 1. The third kappa shape index (κ3) is 4.73. The molecule has 0 heterocycles. The molecule has 3 heteroatoms. The van der Waals surface area contributed by atoms with Crippen LogP contribution >= 0.6 is 0 Å². The van der Waals surface area contributed by atoms with Gasteiger partial charge in [-0.15, -0.1) is 0 Å². The van der Waals surface area contributed by atoms with Crippen molar-refractivity contribution in [2.24, 2.45) is 0 Å². The van der Waals surface area contributed by atoms with E-state index in [9.17, 15) is 4.39 Å². The molecule has 2 atom stereocenters. The number of halogens is 1. The summed E-state index contributed by atoms with van der Waals surface area (Å²) in [5.74, 6) is 0.160. The van der Waals surface area contributed by atoms with Crippen LogP contribution in [-0.2, 0) is 0 Å². The standard InChI is InChI=1S/C13H20FNO/c1-10(9-15-8-7-11(2)16)12-3-5-13(14)6-4-12/h3-6,10-11,15-16H,7-9H2,1-2H3. The number of hydrogen-bond donors (Lipinski definition) is 2. The molecule has 2 nitrogen and oxygen atoms in total. The van der Waals surface area contributed by atoms with Gasteiger partial charge in [0.1, 0.15) is 5.82 Å². The lowest BCUT2D eigenvalue weighted by Gasteiger charge is -2.13. The van der Waals surface area contributed by atoms with Crippen molar-refractivity contribution in [3.63, 3.8) is 0 Å². The Morgan fingerprint density at radius 3 is 2.44 bits per heavy atom. The number of nitrogens with one attached hydrogen (secondary N) is 1. The summed E-state index contributed by atoms with van der Waals surface area (Å²) in [7, 11) is 0. The highest BCUT2D eigenvalue weighted by molar-refractivity contribution is 5.20. The number of benzene rings is 1. The Morgan fingerprint density at radius 2 is 1.88 bits per heavy atom. The second-order valence-electron chi connectivity index (χ2n) is 4.29. The summed E-state index contributed by atoms with van der Waals surface area (Å²) in [5.41, 5.74) is 1.13. The highest BCUT2D eigenvalue weighted by atomic mass is 19.1.